The van der Waals surface area contributed by atoms with Crippen LogP contribution in [0.1, 0.15) is 16.7 Å². The SMILES string of the molecule is Cc1ccc(F)cc1COc1ccc(S(=O)(=O)Cl)c(C)c1. The van der Waals surface area contributed by atoms with E-state index in [1.165, 1.54) is 24.3 Å². The average molecular weight is 329 g/mol. The number of ether oxygens (including phenoxy) is 1. The average Bonchev–Trinajstić information content (AvgIpc) is 2.38. The molecule has 0 aliphatic carbocycles. The lowest BCUT2D eigenvalue weighted by Crippen LogP contribution is -2.00. The molecule has 112 valence electrons. The molecule has 6 heteroatoms. The van der Waals surface area contributed by atoms with Gasteiger partial charge in [0, 0.05) is 10.7 Å². The Hall–Kier alpha value is -1.59. The number of rotatable bonds is 4. The summed E-state index contributed by atoms with van der Waals surface area (Å²) in [5, 5.41) is 0. The predicted octanol–water partition coefficient (Wildman–Crippen LogP) is 3.95. The Kier molecular flexibility index (Phi) is 4.54. The van der Waals surface area contributed by atoms with Gasteiger partial charge < -0.3 is 4.74 Å². The zero-order valence-electron chi connectivity index (χ0n) is 11.6. The van der Waals surface area contributed by atoms with E-state index in [1.54, 1.807) is 19.1 Å². The number of hydrogen-bond donors (Lipinski definition) is 0. The molecule has 0 N–H and O–H groups in total. The molecule has 0 saturated carbocycles. The molecular formula is C15H14ClFO3S. The Labute approximate surface area is 127 Å². The van der Waals surface area contributed by atoms with Crippen LogP contribution in [0, 0.1) is 19.7 Å². The van der Waals surface area contributed by atoms with Crippen molar-refractivity contribution in [3.8, 4) is 5.75 Å². The van der Waals surface area contributed by atoms with Crippen molar-refractivity contribution in [2.24, 2.45) is 0 Å². The second-order valence-corrected chi connectivity index (χ2v) is 7.26. The van der Waals surface area contributed by atoms with Crippen LogP contribution in [0.5, 0.6) is 5.75 Å². The maximum Gasteiger partial charge on any atom is 0.261 e. The first-order chi connectivity index (χ1) is 9.77. The van der Waals surface area contributed by atoms with Crippen molar-refractivity contribution < 1.29 is 17.5 Å². The van der Waals surface area contributed by atoms with Crippen molar-refractivity contribution in [1.29, 1.82) is 0 Å². The van der Waals surface area contributed by atoms with E-state index in [9.17, 15) is 12.8 Å². The molecule has 0 unspecified atom stereocenters. The van der Waals surface area contributed by atoms with Crippen LogP contribution in [-0.4, -0.2) is 8.42 Å². The molecule has 0 aliphatic heterocycles. The van der Waals surface area contributed by atoms with Gasteiger partial charge in [0.2, 0.25) is 0 Å². The molecule has 0 amide bonds. The molecule has 0 atom stereocenters. The number of aryl methyl sites for hydroxylation is 2. The standard InChI is InChI=1S/C15H14ClFO3S/c1-10-3-4-13(17)8-12(10)9-20-14-5-6-15(11(2)7-14)21(16,18)19/h3-8H,9H2,1-2H3. The monoisotopic (exact) mass is 328 g/mol. The summed E-state index contributed by atoms with van der Waals surface area (Å²) in [7, 11) is 1.55. The lowest BCUT2D eigenvalue weighted by molar-refractivity contribution is 0.304. The van der Waals surface area contributed by atoms with Gasteiger partial charge in [0.1, 0.15) is 18.2 Å². The quantitative estimate of drug-likeness (QED) is 0.798. The first-order valence-corrected chi connectivity index (χ1v) is 8.51. The van der Waals surface area contributed by atoms with E-state index in [0.29, 0.717) is 11.3 Å². The number of hydrogen-bond acceptors (Lipinski definition) is 3. The minimum atomic E-state index is -3.76. The van der Waals surface area contributed by atoms with Gasteiger partial charge in [0.15, 0.2) is 0 Å². The van der Waals surface area contributed by atoms with Crippen LogP contribution in [0.4, 0.5) is 4.39 Å². The largest absolute Gasteiger partial charge is 0.489 e. The maximum absolute atomic E-state index is 13.2. The zero-order valence-corrected chi connectivity index (χ0v) is 13.1. The molecule has 3 nitrogen and oxygen atoms in total. The van der Waals surface area contributed by atoms with Gasteiger partial charge in [-0.25, -0.2) is 12.8 Å². The van der Waals surface area contributed by atoms with Gasteiger partial charge in [-0.3, -0.25) is 0 Å². The highest BCUT2D eigenvalue weighted by Crippen LogP contribution is 2.24. The molecule has 0 saturated heterocycles. The highest BCUT2D eigenvalue weighted by Gasteiger charge is 2.13. The molecule has 0 aliphatic rings. The van der Waals surface area contributed by atoms with E-state index in [0.717, 1.165) is 11.1 Å². The Bertz CT molecular complexity index is 772. The Balaban J connectivity index is 2.18. The summed E-state index contributed by atoms with van der Waals surface area (Å²) in [6.45, 7) is 3.71. The molecule has 0 aromatic heterocycles. The zero-order chi connectivity index (χ0) is 15.6. The fraction of sp³-hybridized carbons (Fsp3) is 0.200. The van der Waals surface area contributed by atoms with Gasteiger partial charge in [-0.1, -0.05) is 6.07 Å². The Morgan fingerprint density at radius 3 is 2.43 bits per heavy atom. The van der Waals surface area contributed by atoms with Gasteiger partial charge in [0.05, 0.1) is 4.90 Å². The van der Waals surface area contributed by atoms with Gasteiger partial charge in [-0.2, -0.15) is 0 Å². The van der Waals surface area contributed by atoms with E-state index in [1.807, 2.05) is 6.92 Å². The smallest absolute Gasteiger partial charge is 0.261 e. The van der Waals surface area contributed by atoms with Crippen molar-refractivity contribution in [1.82, 2.24) is 0 Å². The van der Waals surface area contributed by atoms with Gasteiger partial charge >= 0.3 is 0 Å². The predicted molar refractivity (Wildman–Crippen MR) is 79.7 cm³/mol. The van der Waals surface area contributed by atoms with E-state index < -0.39 is 9.05 Å². The fourth-order valence-corrected chi connectivity index (χ4v) is 3.14. The van der Waals surface area contributed by atoms with Crippen molar-refractivity contribution in [3.63, 3.8) is 0 Å². The molecule has 0 heterocycles. The number of halogens is 2. The third-order valence-corrected chi connectivity index (χ3v) is 4.60. The third kappa shape index (κ3) is 3.95. The molecular weight excluding hydrogens is 315 g/mol. The summed E-state index contributed by atoms with van der Waals surface area (Å²) in [5.74, 6) is 0.180. The molecule has 0 spiro atoms. The molecule has 0 radical (unpaired) electrons. The third-order valence-electron chi connectivity index (χ3n) is 3.11. The molecule has 0 fully saturated rings. The normalized spacial score (nSPS) is 11.4. The van der Waals surface area contributed by atoms with Gasteiger partial charge in [0.25, 0.3) is 9.05 Å². The van der Waals surface area contributed by atoms with Crippen molar-refractivity contribution in [2.75, 3.05) is 0 Å². The van der Waals surface area contributed by atoms with Crippen molar-refractivity contribution in [3.05, 3.63) is 58.9 Å². The summed E-state index contributed by atoms with van der Waals surface area (Å²) in [4.78, 5) is 0.0541. The Morgan fingerprint density at radius 2 is 1.81 bits per heavy atom. The lowest BCUT2D eigenvalue weighted by atomic mass is 10.1. The molecule has 2 aromatic rings. The van der Waals surface area contributed by atoms with Crippen LogP contribution in [0.15, 0.2) is 41.3 Å². The van der Waals surface area contributed by atoms with E-state index >= 15 is 0 Å². The molecule has 2 rings (SSSR count). The first-order valence-electron chi connectivity index (χ1n) is 6.20. The molecule has 0 bridgehead atoms. The van der Waals surface area contributed by atoms with E-state index in [-0.39, 0.29) is 17.3 Å². The van der Waals surface area contributed by atoms with Crippen molar-refractivity contribution >= 4 is 19.7 Å². The summed E-state index contributed by atoms with van der Waals surface area (Å²) >= 11 is 0. The summed E-state index contributed by atoms with van der Waals surface area (Å²) in [6.07, 6.45) is 0. The fourth-order valence-electron chi connectivity index (χ4n) is 1.94. The summed E-state index contributed by atoms with van der Waals surface area (Å²) in [5.41, 5.74) is 2.16. The highest BCUT2D eigenvalue weighted by atomic mass is 35.7. The van der Waals surface area contributed by atoms with Gasteiger partial charge in [-0.15, -0.1) is 0 Å². The summed E-state index contributed by atoms with van der Waals surface area (Å²) < 4.78 is 41.4. The Morgan fingerprint density at radius 1 is 1.10 bits per heavy atom. The highest BCUT2D eigenvalue weighted by molar-refractivity contribution is 8.13. The second kappa shape index (κ2) is 6.03. The summed E-state index contributed by atoms with van der Waals surface area (Å²) in [6, 6.07) is 9.00. The van der Waals surface area contributed by atoms with E-state index in [2.05, 4.69) is 0 Å². The minimum Gasteiger partial charge on any atom is -0.489 e. The van der Waals surface area contributed by atoms with Crippen LogP contribution < -0.4 is 4.74 Å². The van der Waals surface area contributed by atoms with Crippen LogP contribution in [0.3, 0.4) is 0 Å². The topological polar surface area (TPSA) is 43.4 Å². The first kappa shape index (κ1) is 15.8. The molecule has 21 heavy (non-hydrogen) atoms. The van der Waals surface area contributed by atoms with Gasteiger partial charge in [-0.05, 0) is 60.9 Å². The lowest BCUT2D eigenvalue weighted by Gasteiger charge is -2.10. The van der Waals surface area contributed by atoms with E-state index in [4.69, 9.17) is 15.4 Å². The maximum atomic E-state index is 13.2. The van der Waals surface area contributed by atoms with Crippen LogP contribution in [0.25, 0.3) is 0 Å². The number of benzene rings is 2. The minimum absolute atomic E-state index is 0.0541. The second-order valence-electron chi connectivity index (χ2n) is 4.72. The molecule has 2 aromatic carbocycles. The van der Waals surface area contributed by atoms with Crippen LogP contribution in [0.2, 0.25) is 0 Å². The van der Waals surface area contributed by atoms with Crippen molar-refractivity contribution in [2.45, 2.75) is 25.3 Å². The van der Waals surface area contributed by atoms with Crippen LogP contribution in [-0.2, 0) is 15.7 Å². The van der Waals surface area contributed by atoms with Crippen LogP contribution >= 0.6 is 10.7 Å².